The average molecular weight is 194 g/mol. The van der Waals surface area contributed by atoms with E-state index in [-0.39, 0.29) is 0 Å². The second-order valence-electron chi connectivity index (χ2n) is 4.88. The van der Waals surface area contributed by atoms with Crippen LogP contribution in [0.5, 0.6) is 0 Å². The van der Waals surface area contributed by atoms with E-state index in [0.717, 1.165) is 0 Å². The molecule has 0 bridgehead atoms. The van der Waals surface area contributed by atoms with Crippen LogP contribution < -0.4 is 0 Å². The predicted molar refractivity (Wildman–Crippen MR) is 64.5 cm³/mol. The Kier molecular flexibility index (Phi) is 4.22. The Labute approximate surface area is 89.8 Å². The van der Waals surface area contributed by atoms with Gasteiger partial charge in [-0.2, -0.15) is 0 Å². The molecule has 82 valence electrons. The van der Waals surface area contributed by atoms with E-state index in [1.54, 1.807) is 5.57 Å². The van der Waals surface area contributed by atoms with Gasteiger partial charge >= 0.3 is 0 Å². The van der Waals surface area contributed by atoms with Crippen LogP contribution in [0.4, 0.5) is 0 Å². The molecule has 0 aromatic heterocycles. The van der Waals surface area contributed by atoms with Gasteiger partial charge in [0, 0.05) is 0 Å². The van der Waals surface area contributed by atoms with Crippen LogP contribution in [0.3, 0.4) is 0 Å². The van der Waals surface area contributed by atoms with Gasteiger partial charge in [0.2, 0.25) is 0 Å². The number of hydrogen-bond donors (Lipinski definition) is 0. The summed E-state index contributed by atoms with van der Waals surface area (Å²) in [5.41, 5.74) is 4.18. The molecule has 0 radical (unpaired) electrons. The Balaban J connectivity index is 0.000000461. The maximum atomic E-state index is 2.49. The summed E-state index contributed by atoms with van der Waals surface area (Å²) >= 11 is 0. The van der Waals surface area contributed by atoms with Gasteiger partial charge in [0.25, 0.3) is 0 Å². The highest BCUT2D eigenvalue weighted by atomic mass is 14.4. The van der Waals surface area contributed by atoms with E-state index in [4.69, 9.17) is 0 Å². The third kappa shape index (κ3) is 2.21. The summed E-state index contributed by atoms with van der Waals surface area (Å²) in [4.78, 5) is 0. The van der Waals surface area contributed by atoms with Gasteiger partial charge in [-0.3, -0.25) is 0 Å². The fourth-order valence-corrected chi connectivity index (χ4v) is 3.17. The van der Waals surface area contributed by atoms with E-state index in [2.05, 4.69) is 13.8 Å². The molecule has 0 saturated heterocycles. The van der Waals surface area contributed by atoms with Gasteiger partial charge in [0.1, 0.15) is 0 Å². The highest BCUT2D eigenvalue weighted by Crippen LogP contribution is 2.49. The van der Waals surface area contributed by atoms with Crippen LogP contribution in [0, 0.1) is 5.41 Å². The Morgan fingerprint density at radius 3 is 2.21 bits per heavy atom. The summed E-state index contributed by atoms with van der Waals surface area (Å²) in [5, 5.41) is 0. The summed E-state index contributed by atoms with van der Waals surface area (Å²) in [7, 11) is 0. The van der Waals surface area contributed by atoms with E-state index >= 15 is 0 Å². The number of allylic oxidation sites excluding steroid dienone is 2. The first-order valence-electron chi connectivity index (χ1n) is 6.41. The first-order valence-corrected chi connectivity index (χ1v) is 6.41. The molecule has 1 saturated carbocycles. The van der Waals surface area contributed by atoms with Crippen molar-refractivity contribution in [1.29, 1.82) is 0 Å². The molecular formula is C14H26. The van der Waals surface area contributed by atoms with Crippen LogP contribution in [0.15, 0.2) is 11.1 Å². The van der Waals surface area contributed by atoms with Crippen LogP contribution in [0.1, 0.15) is 72.6 Å². The van der Waals surface area contributed by atoms with Crippen LogP contribution in [0.2, 0.25) is 0 Å². The summed E-state index contributed by atoms with van der Waals surface area (Å²) < 4.78 is 0. The smallest absolute Gasteiger partial charge is 0.0114 e. The highest BCUT2D eigenvalue weighted by Gasteiger charge is 2.34. The summed E-state index contributed by atoms with van der Waals surface area (Å²) in [5.74, 6) is 0. The maximum Gasteiger partial charge on any atom is -0.0114 e. The van der Waals surface area contributed by atoms with Crippen molar-refractivity contribution in [1.82, 2.24) is 0 Å². The van der Waals surface area contributed by atoms with Crippen molar-refractivity contribution in [3.05, 3.63) is 11.1 Å². The minimum atomic E-state index is 0.626. The first-order chi connectivity index (χ1) is 6.72. The van der Waals surface area contributed by atoms with Gasteiger partial charge in [0.05, 0.1) is 0 Å². The molecule has 1 fully saturated rings. The molecule has 2 aliphatic rings. The highest BCUT2D eigenvalue weighted by molar-refractivity contribution is 5.24. The molecule has 1 unspecified atom stereocenters. The maximum absolute atomic E-state index is 2.49. The summed E-state index contributed by atoms with van der Waals surface area (Å²) in [6.07, 6.45) is 10.0. The Morgan fingerprint density at radius 2 is 1.57 bits per heavy atom. The molecule has 1 atom stereocenters. The molecular weight excluding hydrogens is 168 g/mol. The molecule has 0 aromatic rings. The molecule has 2 rings (SSSR count). The largest absolute Gasteiger partial charge is 0.0736 e. The minimum absolute atomic E-state index is 0.626. The lowest BCUT2D eigenvalue weighted by Gasteiger charge is -2.41. The quantitative estimate of drug-likeness (QED) is 0.471. The fraction of sp³-hybridized carbons (Fsp3) is 0.857. The average Bonchev–Trinajstić information content (AvgIpc) is 2.20. The van der Waals surface area contributed by atoms with Crippen molar-refractivity contribution in [3.63, 3.8) is 0 Å². The van der Waals surface area contributed by atoms with Crippen molar-refractivity contribution in [3.8, 4) is 0 Å². The molecule has 0 nitrogen and oxygen atoms in total. The SMILES string of the molecule is CC.CC1=C2CCCCC2(C)CCC1. The second kappa shape index (κ2) is 5.00. The standard InChI is InChI=1S/C12H20.C2H6/c1-10-6-5-9-12(2)8-4-3-7-11(10)12;1-2/h3-9H2,1-2H3;1-2H3. The van der Waals surface area contributed by atoms with Crippen LogP contribution in [0.25, 0.3) is 0 Å². The molecule has 0 heterocycles. The number of fused-ring (bicyclic) bond motifs is 1. The normalized spacial score (nSPS) is 31.7. The van der Waals surface area contributed by atoms with Crippen LogP contribution >= 0.6 is 0 Å². The Morgan fingerprint density at radius 1 is 0.929 bits per heavy atom. The van der Waals surface area contributed by atoms with E-state index in [0.29, 0.717) is 5.41 Å². The first kappa shape index (κ1) is 11.8. The van der Waals surface area contributed by atoms with Gasteiger partial charge in [-0.15, -0.1) is 0 Å². The van der Waals surface area contributed by atoms with E-state index in [1.807, 2.05) is 19.4 Å². The predicted octanol–water partition coefficient (Wildman–Crippen LogP) is 5.09. The van der Waals surface area contributed by atoms with Gasteiger partial charge in [-0.25, -0.2) is 0 Å². The van der Waals surface area contributed by atoms with E-state index < -0.39 is 0 Å². The topological polar surface area (TPSA) is 0 Å². The minimum Gasteiger partial charge on any atom is -0.0736 e. The van der Waals surface area contributed by atoms with Gasteiger partial charge in [-0.1, -0.05) is 38.3 Å². The molecule has 0 spiro atoms. The third-order valence-electron chi connectivity index (χ3n) is 3.93. The monoisotopic (exact) mass is 194 g/mol. The fourth-order valence-electron chi connectivity index (χ4n) is 3.17. The zero-order valence-electron chi connectivity index (χ0n) is 10.4. The van der Waals surface area contributed by atoms with E-state index in [1.165, 1.54) is 44.9 Å². The Hall–Kier alpha value is -0.260. The zero-order valence-corrected chi connectivity index (χ0v) is 10.4. The Bertz CT molecular complexity index is 212. The number of hydrogen-bond acceptors (Lipinski definition) is 0. The van der Waals surface area contributed by atoms with Crippen LogP contribution in [-0.4, -0.2) is 0 Å². The van der Waals surface area contributed by atoms with Gasteiger partial charge in [0.15, 0.2) is 0 Å². The molecule has 14 heavy (non-hydrogen) atoms. The van der Waals surface area contributed by atoms with Crippen molar-refractivity contribution >= 4 is 0 Å². The van der Waals surface area contributed by atoms with Crippen molar-refractivity contribution in [2.45, 2.75) is 72.6 Å². The number of rotatable bonds is 0. The zero-order chi connectivity index (χ0) is 10.6. The van der Waals surface area contributed by atoms with Crippen molar-refractivity contribution in [2.24, 2.45) is 5.41 Å². The van der Waals surface area contributed by atoms with Crippen molar-refractivity contribution in [2.75, 3.05) is 0 Å². The lowest BCUT2D eigenvalue weighted by Crippen LogP contribution is -2.27. The summed E-state index contributed by atoms with van der Waals surface area (Å²) in [6.45, 7) is 8.85. The van der Waals surface area contributed by atoms with Crippen molar-refractivity contribution < 1.29 is 0 Å². The van der Waals surface area contributed by atoms with Gasteiger partial charge in [-0.05, 0) is 50.9 Å². The molecule has 0 aromatic carbocycles. The van der Waals surface area contributed by atoms with Crippen LogP contribution in [-0.2, 0) is 0 Å². The van der Waals surface area contributed by atoms with E-state index in [9.17, 15) is 0 Å². The molecule has 0 aliphatic heterocycles. The van der Waals surface area contributed by atoms with Gasteiger partial charge < -0.3 is 0 Å². The molecule has 0 amide bonds. The lowest BCUT2D eigenvalue weighted by atomic mass is 9.64. The molecule has 0 heteroatoms. The lowest BCUT2D eigenvalue weighted by molar-refractivity contribution is 0.257. The summed E-state index contributed by atoms with van der Waals surface area (Å²) in [6, 6.07) is 0. The third-order valence-corrected chi connectivity index (χ3v) is 3.93. The second-order valence-corrected chi connectivity index (χ2v) is 4.88. The molecule has 0 N–H and O–H groups in total. The molecule has 2 aliphatic carbocycles.